The summed E-state index contributed by atoms with van der Waals surface area (Å²) >= 11 is 0. The standard InChI is InChI=1S/C18H20FNO/c1-14(2)20(12-15-6-4-3-5-7-15)13-18(21)16-8-10-17(19)11-9-16/h3-11,14H,12-13H2,1-2H3. The van der Waals surface area contributed by atoms with Gasteiger partial charge in [0.05, 0.1) is 6.54 Å². The fourth-order valence-electron chi connectivity index (χ4n) is 2.15. The third kappa shape index (κ3) is 4.50. The van der Waals surface area contributed by atoms with Gasteiger partial charge in [0.25, 0.3) is 0 Å². The summed E-state index contributed by atoms with van der Waals surface area (Å²) in [7, 11) is 0. The second kappa shape index (κ2) is 7.14. The van der Waals surface area contributed by atoms with Crippen LogP contribution in [0.25, 0.3) is 0 Å². The average Bonchev–Trinajstić information content (AvgIpc) is 2.48. The van der Waals surface area contributed by atoms with Crippen LogP contribution in [0.4, 0.5) is 4.39 Å². The number of Topliss-reactive ketones (excluding diaryl/α,β-unsaturated/α-hetero) is 1. The molecule has 21 heavy (non-hydrogen) atoms. The Labute approximate surface area is 125 Å². The quantitative estimate of drug-likeness (QED) is 0.750. The molecule has 3 heteroatoms. The van der Waals surface area contributed by atoms with E-state index in [0.717, 1.165) is 6.54 Å². The first-order chi connectivity index (χ1) is 10.1. The predicted octanol–water partition coefficient (Wildman–Crippen LogP) is 3.92. The molecule has 2 rings (SSSR count). The zero-order valence-corrected chi connectivity index (χ0v) is 12.4. The van der Waals surface area contributed by atoms with E-state index in [-0.39, 0.29) is 17.6 Å². The molecule has 0 spiro atoms. The molecule has 2 nitrogen and oxygen atoms in total. The van der Waals surface area contributed by atoms with Crippen LogP contribution in [0.15, 0.2) is 54.6 Å². The Hall–Kier alpha value is -2.00. The largest absolute Gasteiger partial charge is 0.293 e. The van der Waals surface area contributed by atoms with E-state index in [0.29, 0.717) is 12.1 Å². The summed E-state index contributed by atoms with van der Waals surface area (Å²) in [5.74, 6) is -0.309. The van der Waals surface area contributed by atoms with E-state index in [1.165, 1.54) is 17.7 Å². The van der Waals surface area contributed by atoms with E-state index in [4.69, 9.17) is 0 Å². The maximum Gasteiger partial charge on any atom is 0.176 e. The Balaban J connectivity index is 2.06. The fraction of sp³-hybridized carbons (Fsp3) is 0.278. The Kier molecular flexibility index (Phi) is 5.23. The van der Waals surface area contributed by atoms with Crippen LogP contribution in [0.1, 0.15) is 29.8 Å². The first kappa shape index (κ1) is 15.4. The Bertz CT molecular complexity index is 578. The Morgan fingerprint density at radius 1 is 1.05 bits per heavy atom. The number of hydrogen-bond acceptors (Lipinski definition) is 2. The predicted molar refractivity (Wildman–Crippen MR) is 82.7 cm³/mol. The SMILES string of the molecule is CC(C)N(CC(=O)c1ccc(F)cc1)Cc1ccccc1. The monoisotopic (exact) mass is 285 g/mol. The molecule has 0 radical (unpaired) electrons. The minimum Gasteiger partial charge on any atom is -0.293 e. The second-order valence-electron chi connectivity index (χ2n) is 5.41. The molecular weight excluding hydrogens is 265 g/mol. The second-order valence-corrected chi connectivity index (χ2v) is 5.41. The minimum atomic E-state index is -0.323. The van der Waals surface area contributed by atoms with Crippen molar-refractivity contribution in [1.82, 2.24) is 4.90 Å². The number of carbonyl (C=O) groups excluding carboxylic acids is 1. The normalized spacial score (nSPS) is 11.1. The lowest BCUT2D eigenvalue weighted by Gasteiger charge is -2.25. The van der Waals surface area contributed by atoms with Gasteiger partial charge in [0.15, 0.2) is 5.78 Å². The van der Waals surface area contributed by atoms with Gasteiger partial charge in [0.1, 0.15) is 5.82 Å². The van der Waals surface area contributed by atoms with Crippen LogP contribution in [0.2, 0.25) is 0 Å². The van der Waals surface area contributed by atoms with Crippen LogP contribution in [-0.2, 0) is 6.54 Å². The summed E-state index contributed by atoms with van der Waals surface area (Å²) in [5.41, 5.74) is 1.73. The van der Waals surface area contributed by atoms with Crippen LogP contribution >= 0.6 is 0 Å². The molecule has 0 heterocycles. The van der Waals surface area contributed by atoms with Gasteiger partial charge in [-0.2, -0.15) is 0 Å². The smallest absolute Gasteiger partial charge is 0.176 e. The molecule has 110 valence electrons. The van der Waals surface area contributed by atoms with Crippen molar-refractivity contribution in [1.29, 1.82) is 0 Å². The maximum atomic E-state index is 12.9. The Morgan fingerprint density at radius 3 is 2.24 bits per heavy atom. The van der Waals surface area contributed by atoms with Crippen molar-refractivity contribution in [3.05, 3.63) is 71.5 Å². The molecule has 0 bridgehead atoms. The lowest BCUT2D eigenvalue weighted by molar-refractivity contribution is 0.0898. The van der Waals surface area contributed by atoms with Crippen molar-refractivity contribution in [3.63, 3.8) is 0 Å². The van der Waals surface area contributed by atoms with Crippen molar-refractivity contribution in [2.24, 2.45) is 0 Å². The van der Waals surface area contributed by atoms with Crippen molar-refractivity contribution in [2.75, 3.05) is 6.54 Å². The van der Waals surface area contributed by atoms with E-state index in [2.05, 4.69) is 30.9 Å². The van der Waals surface area contributed by atoms with Gasteiger partial charge in [-0.1, -0.05) is 30.3 Å². The van der Waals surface area contributed by atoms with Gasteiger partial charge in [0, 0.05) is 18.2 Å². The molecular formula is C18H20FNO. The van der Waals surface area contributed by atoms with Crippen molar-refractivity contribution in [3.8, 4) is 0 Å². The topological polar surface area (TPSA) is 20.3 Å². The highest BCUT2D eigenvalue weighted by atomic mass is 19.1. The number of carbonyl (C=O) groups is 1. The maximum absolute atomic E-state index is 12.9. The molecule has 0 fully saturated rings. The summed E-state index contributed by atoms with van der Waals surface area (Å²) < 4.78 is 12.9. The fourth-order valence-corrected chi connectivity index (χ4v) is 2.15. The molecule has 2 aromatic carbocycles. The van der Waals surface area contributed by atoms with E-state index in [1.807, 2.05) is 18.2 Å². The Morgan fingerprint density at radius 2 is 1.67 bits per heavy atom. The summed E-state index contributed by atoms with van der Waals surface area (Å²) in [6.45, 7) is 5.20. The molecule has 0 atom stereocenters. The molecule has 0 unspecified atom stereocenters. The van der Waals surface area contributed by atoms with Crippen LogP contribution in [0, 0.1) is 5.82 Å². The highest BCUT2D eigenvalue weighted by Gasteiger charge is 2.15. The minimum absolute atomic E-state index is 0.0135. The van der Waals surface area contributed by atoms with Gasteiger partial charge in [-0.25, -0.2) is 4.39 Å². The van der Waals surface area contributed by atoms with Crippen molar-refractivity contribution < 1.29 is 9.18 Å². The molecule has 0 N–H and O–H groups in total. The van der Waals surface area contributed by atoms with Crippen LogP contribution in [0.3, 0.4) is 0 Å². The molecule has 0 aliphatic heterocycles. The van der Waals surface area contributed by atoms with Crippen LogP contribution < -0.4 is 0 Å². The molecule has 0 saturated heterocycles. The van der Waals surface area contributed by atoms with Gasteiger partial charge in [-0.05, 0) is 43.7 Å². The third-order valence-corrected chi connectivity index (χ3v) is 3.47. The number of halogens is 1. The van der Waals surface area contributed by atoms with E-state index < -0.39 is 0 Å². The van der Waals surface area contributed by atoms with Crippen LogP contribution in [0.5, 0.6) is 0 Å². The number of rotatable bonds is 6. The molecule has 0 aliphatic carbocycles. The van der Waals surface area contributed by atoms with Crippen LogP contribution in [-0.4, -0.2) is 23.3 Å². The molecule has 0 saturated carbocycles. The lowest BCUT2D eigenvalue weighted by atomic mass is 10.1. The third-order valence-electron chi connectivity index (χ3n) is 3.47. The van der Waals surface area contributed by atoms with Gasteiger partial charge in [0.2, 0.25) is 0 Å². The summed E-state index contributed by atoms with van der Waals surface area (Å²) in [6.07, 6.45) is 0. The van der Waals surface area contributed by atoms with E-state index in [9.17, 15) is 9.18 Å². The van der Waals surface area contributed by atoms with E-state index >= 15 is 0 Å². The summed E-state index contributed by atoms with van der Waals surface area (Å²) in [6, 6.07) is 16.1. The van der Waals surface area contributed by atoms with Gasteiger partial charge in [-0.15, -0.1) is 0 Å². The number of hydrogen-bond donors (Lipinski definition) is 0. The molecule has 0 amide bonds. The van der Waals surface area contributed by atoms with Gasteiger partial charge in [-0.3, -0.25) is 9.69 Å². The van der Waals surface area contributed by atoms with Crippen molar-refractivity contribution >= 4 is 5.78 Å². The number of ketones is 1. The summed E-state index contributed by atoms with van der Waals surface area (Å²) in [4.78, 5) is 14.4. The number of benzene rings is 2. The highest BCUT2D eigenvalue weighted by molar-refractivity contribution is 5.97. The number of nitrogens with zero attached hydrogens (tertiary/aromatic N) is 1. The average molecular weight is 285 g/mol. The molecule has 2 aromatic rings. The van der Waals surface area contributed by atoms with Gasteiger partial charge < -0.3 is 0 Å². The first-order valence-electron chi connectivity index (χ1n) is 7.13. The highest BCUT2D eigenvalue weighted by Crippen LogP contribution is 2.11. The summed E-state index contributed by atoms with van der Waals surface area (Å²) in [5, 5.41) is 0. The lowest BCUT2D eigenvalue weighted by Crippen LogP contribution is -2.35. The zero-order chi connectivity index (χ0) is 15.2. The first-order valence-corrected chi connectivity index (χ1v) is 7.13. The molecule has 0 aliphatic rings. The zero-order valence-electron chi connectivity index (χ0n) is 12.4. The van der Waals surface area contributed by atoms with Gasteiger partial charge >= 0.3 is 0 Å². The van der Waals surface area contributed by atoms with Crippen molar-refractivity contribution in [2.45, 2.75) is 26.4 Å². The van der Waals surface area contributed by atoms with E-state index in [1.54, 1.807) is 12.1 Å². The molecule has 0 aromatic heterocycles.